The first-order chi connectivity index (χ1) is 5.91. The fourth-order valence-electron chi connectivity index (χ4n) is 0.628. The maximum absolute atomic E-state index is 10.7. The number of aliphatic hydroxyl groups is 5. The second kappa shape index (κ2) is 5.48. The van der Waals surface area contributed by atoms with E-state index in [0.29, 0.717) is 0 Å². The maximum Gasteiger partial charge on any atom is 0.207 e. The van der Waals surface area contributed by atoms with E-state index < -0.39 is 36.3 Å². The van der Waals surface area contributed by atoms with Gasteiger partial charge in [0.2, 0.25) is 5.78 Å². The van der Waals surface area contributed by atoms with Gasteiger partial charge in [-0.15, -0.1) is 0 Å². The largest absolute Gasteiger partial charge is 0.394 e. The number of alkyl halides is 1. The molecule has 0 aromatic rings. The molecule has 0 fully saturated rings. The van der Waals surface area contributed by atoms with Gasteiger partial charge in [0.1, 0.15) is 18.3 Å². The lowest BCUT2D eigenvalue weighted by Crippen LogP contribution is -2.46. The number of carbonyl (C=O) groups is 1. The molecule has 0 rings (SSSR count). The van der Waals surface area contributed by atoms with Crippen molar-refractivity contribution in [2.75, 3.05) is 6.61 Å². The maximum atomic E-state index is 10.7. The Balaban J connectivity index is 4.24. The number of rotatable bonds is 5. The number of aliphatic hydroxyl groups excluding tert-OH is 5. The van der Waals surface area contributed by atoms with Gasteiger partial charge < -0.3 is 25.5 Å². The zero-order valence-corrected chi connectivity index (χ0v) is 7.29. The lowest BCUT2D eigenvalue weighted by molar-refractivity contribution is -0.144. The summed E-state index contributed by atoms with van der Waals surface area (Å²) in [5, 5.41) is 43.5. The Labute approximate surface area is 79.0 Å². The van der Waals surface area contributed by atoms with Crippen LogP contribution in [-0.4, -0.2) is 61.8 Å². The van der Waals surface area contributed by atoms with Crippen LogP contribution in [0.4, 0.5) is 0 Å². The summed E-state index contributed by atoms with van der Waals surface area (Å²) in [6.45, 7) is -0.816. The second-order valence-corrected chi connectivity index (χ2v) is 2.84. The molecular weight excluding hydrogens is 204 g/mol. The average Bonchev–Trinajstić information content (AvgIpc) is 2.12. The van der Waals surface area contributed by atoms with Crippen molar-refractivity contribution >= 4 is 17.4 Å². The third-order valence-electron chi connectivity index (χ3n) is 1.43. The van der Waals surface area contributed by atoms with E-state index in [4.69, 9.17) is 37.1 Å². The van der Waals surface area contributed by atoms with Crippen LogP contribution in [-0.2, 0) is 4.79 Å². The topological polar surface area (TPSA) is 118 Å². The van der Waals surface area contributed by atoms with Crippen molar-refractivity contribution in [1.29, 1.82) is 0 Å². The molecule has 0 saturated heterocycles. The highest BCUT2D eigenvalue weighted by Crippen LogP contribution is 2.05. The number of carbonyl (C=O) groups excluding carboxylic acids is 1. The summed E-state index contributed by atoms with van der Waals surface area (Å²) < 4.78 is 0. The third-order valence-corrected chi connectivity index (χ3v) is 1.65. The molecule has 0 spiro atoms. The van der Waals surface area contributed by atoms with Crippen molar-refractivity contribution in [3.8, 4) is 0 Å². The Morgan fingerprint density at radius 1 is 1.23 bits per heavy atom. The molecule has 7 heteroatoms. The molecule has 0 aromatic carbocycles. The van der Waals surface area contributed by atoms with Crippen LogP contribution in [0.1, 0.15) is 0 Å². The molecule has 0 aliphatic carbocycles. The first-order valence-corrected chi connectivity index (χ1v) is 3.86. The van der Waals surface area contributed by atoms with Crippen molar-refractivity contribution < 1.29 is 30.3 Å². The second-order valence-electron chi connectivity index (χ2n) is 2.42. The Hall–Kier alpha value is -0.240. The number of ketones is 1. The molecule has 0 radical (unpaired) electrons. The van der Waals surface area contributed by atoms with Crippen LogP contribution in [0.3, 0.4) is 0 Å². The number of Topliss-reactive ketones (excluding diaryl/α,β-unsaturated/α-hetero) is 1. The summed E-state index contributed by atoms with van der Waals surface area (Å²) in [6.07, 6.45) is -5.55. The highest BCUT2D eigenvalue weighted by atomic mass is 35.5. The minimum atomic E-state index is -2.02. The van der Waals surface area contributed by atoms with Crippen molar-refractivity contribution in [1.82, 2.24) is 0 Å². The first kappa shape index (κ1) is 12.8. The van der Waals surface area contributed by atoms with Crippen molar-refractivity contribution in [3.63, 3.8) is 0 Å². The number of hydrogen-bond acceptors (Lipinski definition) is 6. The van der Waals surface area contributed by atoms with E-state index in [1.165, 1.54) is 0 Å². The van der Waals surface area contributed by atoms with Gasteiger partial charge in [0.15, 0.2) is 5.56 Å². The predicted octanol–water partition coefficient (Wildman–Crippen LogP) is -2.81. The molecule has 1 unspecified atom stereocenters. The standard InChI is InChI=1S/C6H11ClO6/c7-6(13)5(12)4(11)3(10)2(9)1-8/h2-4,6,8-11,13H,1H2/t2-,3-,4+,6?/m1/s1. The summed E-state index contributed by atoms with van der Waals surface area (Å²) in [6, 6.07) is 0. The highest BCUT2D eigenvalue weighted by molar-refractivity contribution is 6.30. The minimum absolute atomic E-state index is 0.816. The monoisotopic (exact) mass is 214 g/mol. The first-order valence-electron chi connectivity index (χ1n) is 3.42. The molecule has 4 atom stereocenters. The van der Waals surface area contributed by atoms with Crippen LogP contribution < -0.4 is 0 Å². The Morgan fingerprint density at radius 3 is 2.00 bits per heavy atom. The van der Waals surface area contributed by atoms with Gasteiger partial charge in [0, 0.05) is 0 Å². The summed E-state index contributed by atoms with van der Waals surface area (Å²) in [5.74, 6) is -1.23. The summed E-state index contributed by atoms with van der Waals surface area (Å²) in [5.41, 5.74) is -1.95. The molecule has 0 aliphatic heterocycles. The van der Waals surface area contributed by atoms with Crippen molar-refractivity contribution in [2.24, 2.45) is 0 Å². The molecular formula is C6H11ClO6. The van der Waals surface area contributed by atoms with E-state index in [1.54, 1.807) is 0 Å². The predicted molar refractivity (Wildman–Crippen MR) is 42.0 cm³/mol. The lowest BCUT2D eigenvalue weighted by Gasteiger charge is -2.20. The van der Waals surface area contributed by atoms with Crippen LogP contribution in [0.25, 0.3) is 0 Å². The third kappa shape index (κ3) is 3.55. The van der Waals surface area contributed by atoms with E-state index in [1.807, 2.05) is 0 Å². The van der Waals surface area contributed by atoms with E-state index in [2.05, 4.69) is 0 Å². The van der Waals surface area contributed by atoms with Crippen LogP contribution >= 0.6 is 11.6 Å². The van der Waals surface area contributed by atoms with E-state index in [9.17, 15) is 4.79 Å². The van der Waals surface area contributed by atoms with Crippen LogP contribution in [0, 0.1) is 0 Å². The quantitative estimate of drug-likeness (QED) is 0.315. The van der Waals surface area contributed by atoms with Gasteiger partial charge in [-0.1, -0.05) is 11.6 Å². The lowest BCUT2D eigenvalue weighted by atomic mass is 10.1. The summed E-state index contributed by atoms with van der Waals surface area (Å²) in [4.78, 5) is 10.7. The summed E-state index contributed by atoms with van der Waals surface area (Å²) >= 11 is 4.91. The number of hydrogen-bond donors (Lipinski definition) is 5. The molecule has 0 heterocycles. The van der Waals surface area contributed by atoms with E-state index in [0.717, 1.165) is 0 Å². The Kier molecular flexibility index (Phi) is 5.38. The highest BCUT2D eigenvalue weighted by Gasteiger charge is 2.32. The smallest absolute Gasteiger partial charge is 0.207 e. The van der Waals surface area contributed by atoms with Gasteiger partial charge in [0.25, 0.3) is 0 Å². The molecule has 13 heavy (non-hydrogen) atoms. The van der Waals surface area contributed by atoms with Crippen molar-refractivity contribution in [2.45, 2.75) is 23.9 Å². The van der Waals surface area contributed by atoms with Gasteiger partial charge in [0.05, 0.1) is 6.61 Å². The Morgan fingerprint density at radius 2 is 1.69 bits per heavy atom. The normalized spacial score (nSPS) is 20.5. The molecule has 78 valence electrons. The molecule has 0 bridgehead atoms. The fraction of sp³-hybridized carbons (Fsp3) is 0.833. The van der Waals surface area contributed by atoms with Gasteiger partial charge in [-0.3, -0.25) is 4.79 Å². The molecule has 6 nitrogen and oxygen atoms in total. The molecule has 0 aliphatic rings. The van der Waals surface area contributed by atoms with Gasteiger partial charge in [-0.25, -0.2) is 0 Å². The fourth-order valence-corrected chi connectivity index (χ4v) is 0.757. The van der Waals surface area contributed by atoms with Gasteiger partial charge in [-0.2, -0.15) is 0 Å². The van der Waals surface area contributed by atoms with E-state index in [-0.39, 0.29) is 0 Å². The summed E-state index contributed by atoms with van der Waals surface area (Å²) in [7, 11) is 0. The zero-order valence-electron chi connectivity index (χ0n) is 6.54. The molecule has 0 saturated carbocycles. The Bertz CT molecular complexity index is 173. The zero-order chi connectivity index (χ0) is 10.6. The molecule has 5 N–H and O–H groups in total. The minimum Gasteiger partial charge on any atom is -0.394 e. The number of halogens is 1. The molecule has 0 amide bonds. The SMILES string of the molecule is O=C(C(O)Cl)[C@@H](O)[C@H](O)[C@H](O)CO. The van der Waals surface area contributed by atoms with E-state index >= 15 is 0 Å². The van der Waals surface area contributed by atoms with Crippen LogP contribution in [0.15, 0.2) is 0 Å². The van der Waals surface area contributed by atoms with Gasteiger partial charge >= 0.3 is 0 Å². The van der Waals surface area contributed by atoms with Crippen molar-refractivity contribution in [3.05, 3.63) is 0 Å². The van der Waals surface area contributed by atoms with Gasteiger partial charge in [-0.05, 0) is 0 Å². The van der Waals surface area contributed by atoms with Crippen LogP contribution in [0.5, 0.6) is 0 Å². The molecule has 0 aromatic heterocycles. The van der Waals surface area contributed by atoms with Crippen LogP contribution in [0.2, 0.25) is 0 Å². The average molecular weight is 215 g/mol.